The minimum absolute atomic E-state index is 0.233. The summed E-state index contributed by atoms with van der Waals surface area (Å²) in [5.74, 6) is 0.603. The molecule has 2 fully saturated rings. The highest BCUT2D eigenvalue weighted by molar-refractivity contribution is 5.79. The number of carbonyl (C=O) groups is 1. The Morgan fingerprint density at radius 1 is 1.26 bits per heavy atom. The molecule has 2 aliphatic rings. The summed E-state index contributed by atoms with van der Waals surface area (Å²) >= 11 is 0. The van der Waals surface area contributed by atoms with Crippen molar-refractivity contribution >= 4 is 5.91 Å². The van der Waals surface area contributed by atoms with Gasteiger partial charge in [-0.15, -0.1) is 0 Å². The van der Waals surface area contributed by atoms with Crippen molar-refractivity contribution in [1.29, 1.82) is 0 Å². The number of nitrogens with one attached hydrogen (secondary N) is 1. The molecule has 2 heterocycles. The third kappa shape index (κ3) is 3.48. The molecule has 0 aromatic carbocycles. The first-order chi connectivity index (χ1) is 8.99. The van der Waals surface area contributed by atoms with Gasteiger partial charge in [-0.2, -0.15) is 0 Å². The summed E-state index contributed by atoms with van der Waals surface area (Å²) in [6.07, 6.45) is 4.21. The highest BCUT2D eigenvalue weighted by Crippen LogP contribution is 2.24. The van der Waals surface area contributed by atoms with Crippen molar-refractivity contribution in [2.24, 2.45) is 5.92 Å². The van der Waals surface area contributed by atoms with E-state index in [4.69, 9.17) is 0 Å². The summed E-state index contributed by atoms with van der Waals surface area (Å²) in [5.41, 5.74) is 0. The molecule has 0 spiro atoms. The first-order valence-electron chi connectivity index (χ1n) is 7.69. The third-order valence-corrected chi connectivity index (χ3v) is 5.05. The number of carbonyl (C=O) groups excluding carboxylic acids is 1. The van der Waals surface area contributed by atoms with E-state index in [-0.39, 0.29) is 5.92 Å². The van der Waals surface area contributed by atoms with E-state index in [1.54, 1.807) is 0 Å². The standard InChI is InChI=1S/C15H29N3O/c1-11-9-13(5-7-16-11)15(19)18(4)14-6-8-17(3)12(2)10-14/h11-14,16H,5-10H2,1-4H3/t11-,12?,13-,14?/m0/s1. The average Bonchev–Trinajstić information content (AvgIpc) is 2.40. The SMILES string of the molecule is CC1CC(N(C)C(=O)[C@H]2CCN[C@@H](C)C2)CCN1C. The van der Waals surface area contributed by atoms with E-state index >= 15 is 0 Å². The summed E-state index contributed by atoms with van der Waals surface area (Å²) in [5, 5.41) is 3.42. The van der Waals surface area contributed by atoms with E-state index in [0.29, 0.717) is 24.0 Å². The Labute approximate surface area is 117 Å². The monoisotopic (exact) mass is 267 g/mol. The van der Waals surface area contributed by atoms with Gasteiger partial charge in [0, 0.05) is 37.6 Å². The molecule has 1 amide bonds. The van der Waals surface area contributed by atoms with Gasteiger partial charge in [-0.1, -0.05) is 0 Å². The Hall–Kier alpha value is -0.610. The molecule has 0 aliphatic carbocycles. The van der Waals surface area contributed by atoms with E-state index in [0.717, 1.165) is 38.8 Å². The van der Waals surface area contributed by atoms with Crippen molar-refractivity contribution in [3.8, 4) is 0 Å². The number of hydrogen-bond donors (Lipinski definition) is 1. The molecule has 2 unspecified atom stereocenters. The molecule has 0 bridgehead atoms. The Kier molecular flexibility index (Phi) is 4.85. The number of likely N-dealkylation sites (tertiary alicyclic amines) is 1. The maximum atomic E-state index is 12.6. The lowest BCUT2D eigenvalue weighted by Gasteiger charge is -2.41. The zero-order valence-corrected chi connectivity index (χ0v) is 12.9. The summed E-state index contributed by atoms with van der Waals surface area (Å²) in [6, 6.07) is 1.50. The molecule has 110 valence electrons. The zero-order chi connectivity index (χ0) is 14.0. The van der Waals surface area contributed by atoms with Crippen LogP contribution in [0.1, 0.15) is 39.5 Å². The van der Waals surface area contributed by atoms with Gasteiger partial charge in [-0.05, 0) is 53.1 Å². The molecular weight excluding hydrogens is 238 g/mol. The van der Waals surface area contributed by atoms with E-state index in [2.05, 4.69) is 31.1 Å². The molecule has 2 aliphatic heterocycles. The third-order valence-electron chi connectivity index (χ3n) is 5.05. The van der Waals surface area contributed by atoms with Crippen molar-refractivity contribution in [1.82, 2.24) is 15.1 Å². The zero-order valence-electron chi connectivity index (χ0n) is 12.9. The Balaban J connectivity index is 1.91. The van der Waals surface area contributed by atoms with Crippen molar-refractivity contribution in [2.75, 3.05) is 27.2 Å². The van der Waals surface area contributed by atoms with Crippen molar-refractivity contribution in [3.05, 3.63) is 0 Å². The lowest BCUT2D eigenvalue weighted by atomic mass is 9.90. The number of nitrogens with zero attached hydrogens (tertiary/aromatic N) is 2. The van der Waals surface area contributed by atoms with Gasteiger partial charge in [0.05, 0.1) is 0 Å². The molecule has 1 N–H and O–H groups in total. The number of hydrogen-bond acceptors (Lipinski definition) is 3. The predicted molar refractivity (Wildman–Crippen MR) is 78.1 cm³/mol. The van der Waals surface area contributed by atoms with Crippen LogP contribution in [0.5, 0.6) is 0 Å². The maximum Gasteiger partial charge on any atom is 0.225 e. The number of piperidine rings is 2. The molecule has 4 atom stereocenters. The molecule has 0 aromatic rings. The second-order valence-electron chi connectivity index (χ2n) is 6.53. The van der Waals surface area contributed by atoms with Crippen molar-refractivity contribution in [2.45, 2.75) is 57.7 Å². The van der Waals surface area contributed by atoms with E-state index in [1.807, 2.05) is 11.9 Å². The van der Waals surface area contributed by atoms with Crippen LogP contribution in [0, 0.1) is 5.92 Å². The van der Waals surface area contributed by atoms with Gasteiger partial charge in [0.15, 0.2) is 0 Å². The Morgan fingerprint density at radius 3 is 2.63 bits per heavy atom. The van der Waals surface area contributed by atoms with Gasteiger partial charge in [0.2, 0.25) is 5.91 Å². The predicted octanol–water partition coefficient (Wildman–Crippen LogP) is 1.32. The van der Waals surface area contributed by atoms with Crippen LogP contribution in [0.15, 0.2) is 0 Å². The molecule has 0 saturated carbocycles. The summed E-state index contributed by atoms with van der Waals surface area (Å²) < 4.78 is 0. The minimum Gasteiger partial charge on any atom is -0.342 e. The highest BCUT2D eigenvalue weighted by Gasteiger charge is 2.32. The molecule has 19 heavy (non-hydrogen) atoms. The van der Waals surface area contributed by atoms with Gasteiger partial charge in [0.25, 0.3) is 0 Å². The van der Waals surface area contributed by atoms with Crippen LogP contribution in [-0.4, -0.2) is 61.0 Å². The smallest absolute Gasteiger partial charge is 0.225 e. The minimum atomic E-state index is 0.233. The lowest BCUT2D eigenvalue weighted by molar-refractivity contribution is -0.138. The molecule has 4 heteroatoms. The van der Waals surface area contributed by atoms with Crippen molar-refractivity contribution in [3.63, 3.8) is 0 Å². The lowest BCUT2D eigenvalue weighted by Crippen LogP contribution is -2.51. The van der Waals surface area contributed by atoms with Gasteiger partial charge >= 0.3 is 0 Å². The van der Waals surface area contributed by atoms with Crippen molar-refractivity contribution < 1.29 is 4.79 Å². The topological polar surface area (TPSA) is 35.6 Å². The van der Waals surface area contributed by atoms with Crippen LogP contribution in [0.4, 0.5) is 0 Å². The second kappa shape index (κ2) is 6.23. The fraction of sp³-hybridized carbons (Fsp3) is 0.933. The van der Waals surface area contributed by atoms with Crippen LogP contribution >= 0.6 is 0 Å². The molecular formula is C15H29N3O. The van der Waals surface area contributed by atoms with Crippen LogP contribution < -0.4 is 5.32 Å². The van der Waals surface area contributed by atoms with Crippen LogP contribution in [0.3, 0.4) is 0 Å². The van der Waals surface area contributed by atoms with E-state index in [9.17, 15) is 4.79 Å². The average molecular weight is 267 g/mol. The normalized spacial score (nSPS) is 37.1. The first kappa shape index (κ1) is 14.8. The van der Waals surface area contributed by atoms with Crippen LogP contribution in [0.2, 0.25) is 0 Å². The summed E-state index contributed by atoms with van der Waals surface area (Å²) in [6.45, 7) is 6.52. The largest absolute Gasteiger partial charge is 0.342 e. The van der Waals surface area contributed by atoms with Crippen LogP contribution in [0.25, 0.3) is 0 Å². The second-order valence-corrected chi connectivity index (χ2v) is 6.53. The Bertz CT molecular complexity index is 321. The molecule has 0 radical (unpaired) electrons. The first-order valence-corrected chi connectivity index (χ1v) is 7.69. The summed E-state index contributed by atoms with van der Waals surface area (Å²) in [7, 11) is 4.19. The highest BCUT2D eigenvalue weighted by atomic mass is 16.2. The van der Waals surface area contributed by atoms with E-state index < -0.39 is 0 Å². The van der Waals surface area contributed by atoms with Gasteiger partial charge in [-0.25, -0.2) is 0 Å². The Morgan fingerprint density at radius 2 is 2.00 bits per heavy atom. The van der Waals surface area contributed by atoms with E-state index in [1.165, 1.54) is 0 Å². The number of rotatable bonds is 2. The van der Waals surface area contributed by atoms with Gasteiger partial charge in [0.1, 0.15) is 0 Å². The van der Waals surface area contributed by atoms with Gasteiger partial charge in [-0.3, -0.25) is 4.79 Å². The quantitative estimate of drug-likeness (QED) is 0.819. The van der Waals surface area contributed by atoms with Crippen LogP contribution in [-0.2, 0) is 4.79 Å². The molecule has 2 saturated heterocycles. The maximum absolute atomic E-state index is 12.6. The summed E-state index contributed by atoms with van der Waals surface area (Å²) in [4.78, 5) is 17.1. The van der Waals surface area contributed by atoms with Gasteiger partial charge < -0.3 is 15.1 Å². The fourth-order valence-electron chi connectivity index (χ4n) is 3.44. The molecule has 4 nitrogen and oxygen atoms in total. The fourth-order valence-corrected chi connectivity index (χ4v) is 3.44. The molecule has 2 rings (SSSR count). The molecule has 0 aromatic heterocycles. The number of amides is 1.